The number of nitrogens with one attached hydrogen (secondary N) is 1. The molecule has 0 saturated carbocycles. The molecule has 0 saturated heterocycles. The second-order valence-corrected chi connectivity index (χ2v) is 8.64. The highest BCUT2D eigenvalue weighted by atomic mass is 16.6. The van der Waals surface area contributed by atoms with Crippen LogP contribution in [0.15, 0.2) is 97.2 Å². The van der Waals surface area contributed by atoms with Gasteiger partial charge in [-0.05, 0) is 48.7 Å². The third kappa shape index (κ3) is 4.86. The van der Waals surface area contributed by atoms with E-state index in [1.165, 1.54) is 6.07 Å². The Labute approximate surface area is 208 Å². The highest BCUT2D eigenvalue weighted by molar-refractivity contribution is 5.91. The van der Waals surface area contributed by atoms with Gasteiger partial charge < -0.3 is 9.72 Å². The van der Waals surface area contributed by atoms with Gasteiger partial charge in [0.1, 0.15) is 5.65 Å². The fourth-order valence-electron chi connectivity index (χ4n) is 4.22. The second-order valence-electron chi connectivity index (χ2n) is 8.64. The number of nitro benzene ring substituents is 1. The number of amides is 1. The molecule has 36 heavy (non-hydrogen) atoms. The molecule has 1 N–H and O–H groups in total. The predicted octanol–water partition coefficient (Wildman–Crippen LogP) is 6.46. The molecule has 7 nitrogen and oxygen atoms in total. The lowest BCUT2D eigenvalue weighted by Crippen LogP contribution is -2.13. The van der Waals surface area contributed by atoms with Crippen LogP contribution in [0.25, 0.3) is 28.0 Å². The molecule has 5 aromatic rings. The average Bonchev–Trinajstić information content (AvgIpc) is 3.27. The van der Waals surface area contributed by atoms with E-state index in [1.54, 1.807) is 12.1 Å². The summed E-state index contributed by atoms with van der Waals surface area (Å²) in [6.45, 7) is 2.00. The van der Waals surface area contributed by atoms with Gasteiger partial charge in [-0.1, -0.05) is 60.2 Å². The van der Waals surface area contributed by atoms with E-state index in [0.29, 0.717) is 6.42 Å². The molecule has 0 atom stereocenters. The van der Waals surface area contributed by atoms with Gasteiger partial charge in [-0.3, -0.25) is 14.9 Å². The van der Waals surface area contributed by atoms with Crippen LogP contribution in [0, 0.1) is 17.0 Å². The summed E-state index contributed by atoms with van der Waals surface area (Å²) in [4.78, 5) is 28.5. The molecule has 0 unspecified atom stereocenters. The van der Waals surface area contributed by atoms with Crippen LogP contribution < -0.4 is 5.32 Å². The van der Waals surface area contributed by atoms with Crippen molar-refractivity contribution < 1.29 is 9.72 Å². The Bertz CT molecular complexity index is 1560. The Balaban J connectivity index is 1.50. The summed E-state index contributed by atoms with van der Waals surface area (Å²) in [5.41, 5.74) is 6.93. The molecule has 0 aliphatic carbocycles. The number of imidazole rings is 1. The standard InChI is InChI=1S/C29H24N4O3/c1-20-10-13-24(14-11-20)30-28(34)17-15-26-29(21-6-3-2-4-7-21)31-27-16-12-23(19-32(26)27)22-8-5-9-25(18-22)33(35)36/h2-14,16,18-19H,15,17H2,1H3,(H,30,34). The van der Waals surface area contributed by atoms with Crippen molar-refractivity contribution in [2.45, 2.75) is 19.8 Å². The van der Waals surface area contributed by atoms with Crippen molar-refractivity contribution in [1.29, 1.82) is 0 Å². The van der Waals surface area contributed by atoms with Crippen molar-refractivity contribution in [2.24, 2.45) is 0 Å². The summed E-state index contributed by atoms with van der Waals surface area (Å²) in [5.74, 6) is -0.0809. The number of carbonyl (C=O) groups is 1. The molecule has 3 aromatic carbocycles. The van der Waals surface area contributed by atoms with Gasteiger partial charge in [-0.25, -0.2) is 4.98 Å². The van der Waals surface area contributed by atoms with Crippen LogP contribution >= 0.6 is 0 Å². The van der Waals surface area contributed by atoms with E-state index in [2.05, 4.69) is 5.32 Å². The lowest BCUT2D eigenvalue weighted by atomic mass is 10.1. The maximum atomic E-state index is 12.8. The average molecular weight is 477 g/mol. The molecule has 5 rings (SSSR count). The smallest absolute Gasteiger partial charge is 0.270 e. The maximum absolute atomic E-state index is 12.8. The number of fused-ring (bicyclic) bond motifs is 1. The number of non-ortho nitro benzene ring substituents is 1. The number of aryl methyl sites for hydroxylation is 2. The SMILES string of the molecule is Cc1ccc(NC(=O)CCc2c(-c3ccccc3)nc3ccc(-c4cccc([N+](=O)[O-])c4)cn23)cc1. The summed E-state index contributed by atoms with van der Waals surface area (Å²) >= 11 is 0. The van der Waals surface area contributed by atoms with Gasteiger partial charge in [-0.2, -0.15) is 0 Å². The van der Waals surface area contributed by atoms with E-state index in [9.17, 15) is 14.9 Å². The van der Waals surface area contributed by atoms with Crippen LogP contribution in [0.3, 0.4) is 0 Å². The second kappa shape index (κ2) is 9.84. The topological polar surface area (TPSA) is 89.5 Å². The van der Waals surface area contributed by atoms with Crippen LogP contribution in [0.1, 0.15) is 17.7 Å². The largest absolute Gasteiger partial charge is 0.326 e. The number of rotatable bonds is 7. The lowest BCUT2D eigenvalue weighted by Gasteiger charge is -2.09. The van der Waals surface area contributed by atoms with Gasteiger partial charge in [0.05, 0.1) is 16.3 Å². The quantitative estimate of drug-likeness (QED) is 0.216. The molecule has 2 aromatic heterocycles. The summed E-state index contributed by atoms with van der Waals surface area (Å²) in [6.07, 6.45) is 2.69. The molecule has 7 heteroatoms. The fourth-order valence-corrected chi connectivity index (χ4v) is 4.22. The first-order valence-corrected chi connectivity index (χ1v) is 11.7. The molecule has 0 bridgehead atoms. The number of aromatic nitrogens is 2. The van der Waals surface area contributed by atoms with Crippen molar-refractivity contribution in [1.82, 2.24) is 9.38 Å². The first kappa shape index (κ1) is 23.0. The number of hydrogen-bond donors (Lipinski definition) is 1. The monoisotopic (exact) mass is 476 g/mol. The first-order valence-electron chi connectivity index (χ1n) is 11.7. The predicted molar refractivity (Wildman–Crippen MR) is 141 cm³/mol. The molecular formula is C29H24N4O3. The third-order valence-corrected chi connectivity index (χ3v) is 6.08. The number of hydrogen-bond acceptors (Lipinski definition) is 4. The van der Waals surface area contributed by atoms with E-state index < -0.39 is 4.92 Å². The van der Waals surface area contributed by atoms with Crippen molar-refractivity contribution in [3.63, 3.8) is 0 Å². The minimum absolute atomic E-state index is 0.0382. The van der Waals surface area contributed by atoms with Crippen molar-refractivity contribution in [3.8, 4) is 22.4 Å². The molecule has 0 radical (unpaired) electrons. The van der Waals surface area contributed by atoms with Gasteiger partial charge in [-0.15, -0.1) is 0 Å². The van der Waals surface area contributed by atoms with E-state index in [-0.39, 0.29) is 18.0 Å². The lowest BCUT2D eigenvalue weighted by molar-refractivity contribution is -0.384. The Morgan fingerprint density at radius 3 is 2.42 bits per heavy atom. The molecule has 2 heterocycles. The molecular weight excluding hydrogens is 452 g/mol. The summed E-state index contributed by atoms with van der Waals surface area (Å²) in [5, 5.41) is 14.2. The highest BCUT2D eigenvalue weighted by Gasteiger charge is 2.17. The van der Waals surface area contributed by atoms with Gasteiger partial charge >= 0.3 is 0 Å². The zero-order valence-corrected chi connectivity index (χ0v) is 19.7. The number of anilines is 1. The highest BCUT2D eigenvalue weighted by Crippen LogP contribution is 2.29. The van der Waals surface area contributed by atoms with E-state index >= 15 is 0 Å². The third-order valence-electron chi connectivity index (χ3n) is 6.08. The zero-order chi connectivity index (χ0) is 25.1. The Hall–Kier alpha value is -4.78. The summed E-state index contributed by atoms with van der Waals surface area (Å²) in [6, 6.07) is 27.9. The van der Waals surface area contributed by atoms with Crippen LogP contribution in [0.5, 0.6) is 0 Å². The molecule has 178 valence electrons. The fraction of sp³-hybridized carbons (Fsp3) is 0.103. The van der Waals surface area contributed by atoms with Crippen molar-refractivity contribution in [2.75, 3.05) is 5.32 Å². The molecule has 0 spiro atoms. The zero-order valence-electron chi connectivity index (χ0n) is 19.7. The minimum atomic E-state index is -0.398. The van der Waals surface area contributed by atoms with Crippen molar-refractivity contribution in [3.05, 3.63) is 119 Å². The number of benzene rings is 3. The Morgan fingerprint density at radius 1 is 0.917 bits per heavy atom. The van der Waals surface area contributed by atoms with Gasteiger partial charge in [0.2, 0.25) is 5.91 Å². The first-order chi connectivity index (χ1) is 17.5. The molecule has 0 fully saturated rings. The summed E-state index contributed by atoms with van der Waals surface area (Å²) < 4.78 is 1.98. The van der Waals surface area contributed by atoms with Gasteiger partial charge in [0.25, 0.3) is 5.69 Å². The Morgan fingerprint density at radius 2 is 1.67 bits per heavy atom. The number of pyridine rings is 1. The molecule has 0 aliphatic rings. The number of carbonyl (C=O) groups excluding carboxylic acids is 1. The molecule has 1 amide bonds. The van der Waals surface area contributed by atoms with Gasteiger partial charge in [0, 0.05) is 36.0 Å². The van der Waals surface area contributed by atoms with Crippen LogP contribution in [0.4, 0.5) is 11.4 Å². The van der Waals surface area contributed by atoms with E-state index in [1.807, 2.05) is 90.3 Å². The Kier molecular flexibility index (Phi) is 6.28. The van der Waals surface area contributed by atoms with Crippen molar-refractivity contribution >= 4 is 22.9 Å². The molecule has 0 aliphatic heterocycles. The van der Waals surface area contributed by atoms with Crippen LogP contribution in [-0.2, 0) is 11.2 Å². The number of nitro groups is 1. The minimum Gasteiger partial charge on any atom is -0.326 e. The maximum Gasteiger partial charge on any atom is 0.270 e. The van der Waals surface area contributed by atoms with E-state index in [4.69, 9.17) is 4.98 Å². The van der Waals surface area contributed by atoms with Gasteiger partial charge in [0.15, 0.2) is 0 Å². The normalized spacial score (nSPS) is 10.9. The summed E-state index contributed by atoms with van der Waals surface area (Å²) in [7, 11) is 0. The van der Waals surface area contributed by atoms with Crippen LogP contribution in [0.2, 0.25) is 0 Å². The number of nitrogens with zero attached hydrogens (tertiary/aromatic N) is 3. The van der Waals surface area contributed by atoms with E-state index in [0.717, 1.165) is 45.0 Å². The van der Waals surface area contributed by atoms with Crippen LogP contribution in [-0.4, -0.2) is 20.2 Å².